The number of cyclic esters (lactones) is 2. The fourth-order valence-electron chi connectivity index (χ4n) is 2.11. The van der Waals surface area contributed by atoms with Gasteiger partial charge in [0.05, 0.1) is 6.42 Å². The molecule has 1 aliphatic rings. The zero-order chi connectivity index (χ0) is 12.5. The Balaban J connectivity index is 2.13. The van der Waals surface area contributed by atoms with E-state index in [1.807, 2.05) is 42.5 Å². The number of ether oxygens (including phenoxy) is 1. The number of esters is 2. The number of hydrogen-bond acceptors (Lipinski definition) is 3. The lowest BCUT2D eigenvalue weighted by Crippen LogP contribution is -1.96. The van der Waals surface area contributed by atoms with Crippen LogP contribution in [0.4, 0.5) is 0 Å². The third-order valence-electron chi connectivity index (χ3n) is 2.96. The van der Waals surface area contributed by atoms with Crippen molar-refractivity contribution in [1.29, 1.82) is 0 Å². The molecule has 0 N–H and O–H groups in total. The first-order valence-corrected chi connectivity index (χ1v) is 5.67. The lowest BCUT2D eigenvalue weighted by atomic mass is 10.0. The minimum absolute atomic E-state index is 0.0576. The Kier molecular flexibility index (Phi) is 2.45. The van der Waals surface area contributed by atoms with Crippen LogP contribution in [0.25, 0.3) is 16.8 Å². The Hall–Kier alpha value is -2.42. The van der Waals surface area contributed by atoms with Gasteiger partial charge in [-0.3, -0.25) is 4.79 Å². The summed E-state index contributed by atoms with van der Waals surface area (Å²) in [5, 5.41) is 2.16. The highest BCUT2D eigenvalue weighted by Crippen LogP contribution is 2.24. The summed E-state index contributed by atoms with van der Waals surface area (Å²) in [4.78, 5) is 22.4. The molecule has 2 aromatic rings. The van der Waals surface area contributed by atoms with E-state index < -0.39 is 11.9 Å². The van der Waals surface area contributed by atoms with Crippen LogP contribution in [0.1, 0.15) is 12.0 Å². The SMILES string of the molecule is O=C1C/C(=C/c2cccc3ccccc23)C(=O)O1. The molecule has 1 fully saturated rings. The Morgan fingerprint density at radius 3 is 2.56 bits per heavy atom. The van der Waals surface area contributed by atoms with E-state index in [0.717, 1.165) is 16.3 Å². The van der Waals surface area contributed by atoms with Crippen molar-refractivity contribution in [3.8, 4) is 0 Å². The Morgan fingerprint density at radius 2 is 1.78 bits per heavy atom. The molecule has 88 valence electrons. The Bertz CT molecular complexity index is 678. The monoisotopic (exact) mass is 238 g/mol. The maximum Gasteiger partial charge on any atom is 0.342 e. The molecule has 0 atom stereocenters. The summed E-state index contributed by atoms with van der Waals surface area (Å²) in [5.74, 6) is -1.01. The fourth-order valence-corrected chi connectivity index (χ4v) is 2.11. The van der Waals surface area contributed by atoms with Gasteiger partial charge in [-0.05, 0) is 22.4 Å². The van der Waals surface area contributed by atoms with Crippen LogP contribution in [-0.4, -0.2) is 11.9 Å². The van der Waals surface area contributed by atoms with Gasteiger partial charge in [-0.15, -0.1) is 0 Å². The molecule has 0 aromatic heterocycles. The van der Waals surface area contributed by atoms with Crippen LogP contribution in [0, 0.1) is 0 Å². The topological polar surface area (TPSA) is 43.4 Å². The van der Waals surface area contributed by atoms with Crippen LogP contribution in [0.3, 0.4) is 0 Å². The highest BCUT2D eigenvalue weighted by atomic mass is 16.6. The van der Waals surface area contributed by atoms with Gasteiger partial charge in [0.2, 0.25) is 0 Å². The summed E-state index contributed by atoms with van der Waals surface area (Å²) >= 11 is 0. The van der Waals surface area contributed by atoms with Crippen LogP contribution in [0.2, 0.25) is 0 Å². The second-order valence-corrected chi connectivity index (χ2v) is 4.18. The molecule has 3 heteroatoms. The normalized spacial score (nSPS) is 17.4. The van der Waals surface area contributed by atoms with Gasteiger partial charge in [0.15, 0.2) is 0 Å². The van der Waals surface area contributed by atoms with Crippen molar-refractivity contribution in [1.82, 2.24) is 0 Å². The van der Waals surface area contributed by atoms with Gasteiger partial charge in [0.25, 0.3) is 0 Å². The molecular weight excluding hydrogens is 228 g/mol. The van der Waals surface area contributed by atoms with E-state index in [0.29, 0.717) is 5.57 Å². The third-order valence-corrected chi connectivity index (χ3v) is 2.96. The summed E-state index contributed by atoms with van der Waals surface area (Å²) < 4.78 is 4.51. The quantitative estimate of drug-likeness (QED) is 0.436. The van der Waals surface area contributed by atoms with Crippen molar-refractivity contribution in [2.24, 2.45) is 0 Å². The van der Waals surface area contributed by atoms with Crippen LogP contribution < -0.4 is 0 Å². The summed E-state index contributed by atoms with van der Waals surface area (Å²) in [6.07, 6.45) is 1.79. The number of carbonyl (C=O) groups excluding carboxylic acids is 2. The zero-order valence-electron chi connectivity index (χ0n) is 9.55. The highest BCUT2D eigenvalue weighted by Gasteiger charge is 2.26. The van der Waals surface area contributed by atoms with E-state index in [-0.39, 0.29) is 6.42 Å². The number of carbonyl (C=O) groups is 2. The van der Waals surface area contributed by atoms with Crippen molar-refractivity contribution < 1.29 is 14.3 Å². The molecule has 0 bridgehead atoms. The summed E-state index contributed by atoms with van der Waals surface area (Å²) in [6, 6.07) is 13.8. The lowest BCUT2D eigenvalue weighted by Gasteiger charge is -2.02. The minimum atomic E-state index is -0.534. The number of hydrogen-bond donors (Lipinski definition) is 0. The van der Waals surface area contributed by atoms with Crippen molar-refractivity contribution in [2.75, 3.05) is 0 Å². The molecule has 1 saturated heterocycles. The van der Waals surface area contributed by atoms with Gasteiger partial charge >= 0.3 is 11.9 Å². The lowest BCUT2D eigenvalue weighted by molar-refractivity contribution is -0.151. The average molecular weight is 238 g/mol. The molecule has 0 amide bonds. The number of fused-ring (bicyclic) bond motifs is 1. The highest BCUT2D eigenvalue weighted by molar-refractivity contribution is 6.09. The smallest absolute Gasteiger partial charge is 0.342 e. The largest absolute Gasteiger partial charge is 0.389 e. The first kappa shape index (κ1) is 10.7. The van der Waals surface area contributed by atoms with E-state index >= 15 is 0 Å². The van der Waals surface area contributed by atoms with E-state index in [4.69, 9.17) is 0 Å². The molecule has 3 rings (SSSR count). The first-order chi connectivity index (χ1) is 8.74. The molecule has 0 unspecified atom stereocenters. The molecular formula is C15H10O3. The fraction of sp³-hybridized carbons (Fsp3) is 0.0667. The maximum absolute atomic E-state index is 11.4. The van der Waals surface area contributed by atoms with E-state index in [1.165, 1.54) is 0 Å². The van der Waals surface area contributed by atoms with Crippen molar-refractivity contribution in [2.45, 2.75) is 6.42 Å². The van der Waals surface area contributed by atoms with E-state index in [2.05, 4.69) is 4.74 Å². The minimum Gasteiger partial charge on any atom is -0.389 e. The molecule has 0 saturated carbocycles. The van der Waals surface area contributed by atoms with Crippen molar-refractivity contribution >= 4 is 28.8 Å². The van der Waals surface area contributed by atoms with E-state index in [9.17, 15) is 9.59 Å². The van der Waals surface area contributed by atoms with Gasteiger partial charge in [-0.1, -0.05) is 42.5 Å². The summed E-state index contributed by atoms with van der Waals surface area (Å²) in [7, 11) is 0. The van der Waals surface area contributed by atoms with Crippen molar-refractivity contribution in [3.63, 3.8) is 0 Å². The summed E-state index contributed by atoms with van der Waals surface area (Å²) in [5.41, 5.74) is 1.34. The van der Waals surface area contributed by atoms with Crippen LogP contribution in [-0.2, 0) is 14.3 Å². The standard InChI is InChI=1S/C15H10O3/c16-14-9-12(15(17)18-14)8-11-6-3-5-10-4-1-2-7-13(10)11/h1-8H,9H2/b12-8-. The molecule has 0 radical (unpaired) electrons. The molecule has 3 nitrogen and oxygen atoms in total. The van der Waals surface area contributed by atoms with Gasteiger partial charge in [0, 0.05) is 5.57 Å². The summed E-state index contributed by atoms with van der Waals surface area (Å²) in [6.45, 7) is 0. The van der Waals surface area contributed by atoms with Gasteiger partial charge in [0.1, 0.15) is 0 Å². The average Bonchev–Trinajstić information content (AvgIpc) is 2.68. The third kappa shape index (κ3) is 1.80. The molecule has 0 aliphatic carbocycles. The number of rotatable bonds is 1. The van der Waals surface area contributed by atoms with Crippen molar-refractivity contribution in [3.05, 3.63) is 53.6 Å². The Morgan fingerprint density at radius 1 is 1.00 bits per heavy atom. The van der Waals surface area contributed by atoms with Gasteiger partial charge < -0.3 is 4.74 Å². The molecule has 1 aliphatic heterocycles. The van der Waals surface area contributed by atoms with E-state index in [1.54, 1.807) is 6.08 Å². The van der Waals surface area contributed by atoms with Crippen LogP contribution in [0.5, 0.6) is 0 Å². The predicted molar refractivity (Wildman–Crippen MR) is 67.6 cm³/mol. The molecule has 18 heavy (non-hydrogen) atoms. The first-order valence-electron chi connectivity index (χ1n) is 5.67. The molecule has 1 heterocycles. The van der Waals surface area contributed by atoms with Crippen LogP contribution >= 0.6 is 0 Å². The molecule has 2 aromatic carbocycles. The Labute approximate surface area is 104 Å². The van der Waals surface area contributed by atoms with Gasteiger partial charge in [-0.2, -0.15) is 0 Å². The number of benzene rings is 2. The maximum atomic E-state index is 11.4. The van der Waals surface area contributed by atoms with Gasteiger partial charge in [-0.25, -0.2) is 4.79 Å². The second-order valence-electron chi connectivity index (χ2n) is 4.18. The second kappa shape index (κ2) is 4.11. The zero-order valence-corrected chi connectivity index (χ0v) is 9.55. The van der Waals surface area contributed by atoms with Crippen LogP contribution in [0.15, 0.2) is 48.0 Å². The predicted octanol–water partition coefficient (Wildman–Crippen LogP) is 2.70. The molecule has 0 spiro atoms.